The summed E-state index contributed by atoms with van der Waals surface area (Å²) in [6, 6.07) is 3.44. The zero-order chi connectivity index (χ0) is 19.0. The molecule has 27 heavy (non-hydrogen) atoms. The lowest BCUT2D eigenvalue weighted by molar-refractivity contribution is -0.136. The molecule has 4 rings (SSSR count). The quantitative estimate of drug-likeness (QED) is 0.806. The minimum Gasteiger partial charge on any atom is -0.459 e. The lowest BCUT2D eigenvalue weighted by Crippen LogP contribution is -2.52. The van der Waals surface area contributed by atoms with Gasteiger partial charge in [-0.2, -0.15) is 0 Å². The van der Waals surface area contributed by atoms with Crippen molar-refractivity contribution >= 4 is 23.2 Å². The number of amides is 2. The second-order valence-corrected chi connectivity index (χ2v) is 8.39. The van der Waals surface area contributed by atoms with Gasteiger partial charge in [0.1, 0.15) is 16.7 Å². The van der Waals surface area contributed by atoms with Crippen LogP contribution in [0.1, 0.15) is 53.2 Å². The summed E-state index contributed by atoms with van der Waals surface area (Å²) in [5, 5.41) is 0.711. The molecule has 2 aliphatic heterocycles. The van der Waals surface area contributed by atoms with Crippen molar-refractivity contribution in [1.82, 2.24) is 14.8 Å². The average molecular weight is 388 g/mol. The molecule has 2 aromatic rings. The van der Waals surface area contributed by atoms with E-state index in [0.29, 0.717) is 27.9 Å². The molecule has 0 radical (unpaired) electrons. The molecule has 1 atom stereocenters. The van der Waals surface area contributed by atoms with E-state index >= 15 is 0 Å². The van der Waals surface area contributed by atoms with Crippen LogP contribution in [0.15, 0.2) is 16.5 Å². The fourth-order valence-corrected chi connectivity index (χ4v) is 4.94. The fraction of sp³-hybridized carbons (Fsp3) is 0.550. The number of furan rings is 1. The first-order valence-electron chi connectivity index (χ1n) is 9.68. The van der Waals surface area contributed by atoms with Gasteiger partial charge in [-0.3, -0.25) is 9.59 Å². The third-order valence-electron chi connectivity index (χ3n) is 5.41. The summed E-state index contributed by atoms with van der Waals surface area (Å²) >= 11 is 1.35. The molecule has 0 aliphatic carbocycles. The molecule has 0 spiro atoms. The van der Waals surface area contributed by atoms with E-state index < -0.39 is 0 Å². The van der Waals surface area contributed by atoms with Crippen molar-refractivity contribution in [1.29, 1.82) is 0 Å². The van der Waals surface area contributed by atoms with Crippen LogP contribution < -0.4 is 0 Å². The largest absolute Gasteiger partial charge is 0.459 e. The van der Waals surface area contributed by atoms with Crippen molar-refractivity contribution in [3.05, 3.63) is 28.5 Å². The molecule has 0 bridgehead atoms. The van der Waals surface area contributed by atoms with Crippen molar-refractivity contribution in [3.8, 4) is 10.8 Å². The summed E-state index contributed by atoms with van der Waals surface area (Å²) in [4.78, 5) is 35.1. The van der Waals surface area contributed by atoms with Crippen LogP contribution in [0.2, 0.25) is 0 Å². The number of carbonyl (C=O) groups is 2. The van der Waals surface area contributed by atoms with Crippen molar-refractivity contribution in [3.63, 3.8) is 0 Å². The highest BCUT2D eigenvalue weighted by Gasteiger charge is 2.37. The second-order valence-electron chi connectivity index (χ2n) is 7.39. The molecule has 2 amide bonds. The van der Waals surface area contributed by atoms with Crippen LogP contribution >= 0.6 is 11.3 Å². The van der Waals surface area contributed by atoms with E-state index in [4.69, 9.17) is 4.42 Å². The van der Waals surface area contributed by atoms with Gasteiger partial charge in [0, 0.05) is 19.6 Å². The number of aromatic nitrogens is 1. The van der Waals surface area contributed by atoms with Gasteiger partial charge in [0.15, 0.2) is 10.8 Å². The fourth-order valence-electron chi connectivity index (χ4n) is 3.96. The van der Waals surface area contributed by atoms with E-state index in [0.717, 1.165) is 51.0 Å². The Hall–Kier alpha value is -2.15. The number of hydrogen-bond acceptors (Lipinski definition) is 5. The number of thiazole rings is 1. The molecule has 0 aromatic carbocycles. The molecule has 2 saturated heterocycles. The molecular formula is C20H25N3O3S. The van der Waals surface area contributed by atoms with Gasteiger partial charge in [-0.25, -0.2) is 4.98 Å². The Morgan fingerprint density at radius 3 is 2.56 bits per heavy atom. The number of likely N-dealkylation sites (tertiary alicyclic amines) is 2. The minimum absolute atomic E-state index is 0.0724. The standard InChI is InChI=1S/C20H25N3O3S/c1-13-8-9-16(26-13)18-21-14(2)17(27-18)20(25)23-12-4-3-7-15(23)19(24)22-10-5-6-11-22/h8-9,15H,3-7,10-12H2,1-2H3. The van der Waals surface area contributed by atoms with Gasteiger partial charge >= 0.3 is 0 Å². The molecular weight excluding hydrogens is 362 g/mol. The minimum atomic E-state index is -0.333. The molecule has 0 saturated carbocycles. The summed E-state index contributed by atoms with van der Waals surface area (Å²) in [6.45, 7) is 6.01. The van der Waals surface area contributed by atoms with Crippen LogP contribution in [0.5, 0.6) is 0 Å². The van der Waals surface area contributed by atoms with E-state index in [9.17, 15) is 9.59 Å². The maximum atomic E-state index is 13.3. The molecule has 2 aliphatic rings. The number of hydrogen-bond donors (Lipinski definition) is 0. The van der Waals surface area contributed by atoms with Crippen LogP contribution in [0, 0.1) is 13.8 Å². The molecule has 1 unspecified atom stereocenters. The summed E-state index contributed by atoms with van der Waals surface area (Å²) in [5.74, 6) is 1.54. The monoisotopic (exact) mass is 387 g/mol. The first-order chi connectivity index (χ1) is 13.0. The van der Waals surface area contributed by atoms with Gasteiger partial charge in [-0.05, 0) is 58.1 Å². The lowest BCUT2D eigenvalue weighted by atomic mass is 10.0. The van der Waals surface area contributed by atoms with Crippen LogP contribution in [-0.4, -0.2) is 52.3 Å². The van der Waals surface area contributed by atoms with E-state index in [1.54, 1.807) is 4.90 Å². The van der Waals surface area contributed by atoms with Gasteiger partial charge < -0.3 is 14.2 Å². The highest BCUT2D eigenvalue weighted by molar-refractivity contribution is 7.17. The molecule has 6 nitrogen and oxygen atoms in total. The normalized spacial score (nSPS) is 20.3. The Morgan fingerprint density at radius 2 is 1.85 bits per heavy atom. The number of nitrogens with zero attached hydrogens (tertiary/aromatic N) is 3. The highest BCUT2D eigenvalue weighted by Crippen LogP contribution is 2.32. The second kappa shape index (κ2) is 7.46. The molecule has 4 heterocycles. The Labute approximate surface area is 163 Å². The Bertz CT molecular complexity index is 851. The van der Waals surface area contributed by atoms with E-state index in [1.807, 2.05) is 30.9 Å². The van der Waals surface area contributed by atoms with E-state index in [2.05, 4.69) is 4.98 Å². The summed E-state index contributed by atoms with van der Waals surface area (Å²) in [5.41, 5.74) is 0.701. The summed E-state index contributed by atoms with van der Waals surface area (Å²) in [7, 11) is 0. The Kier molecular flexibility index (Phi) is 5.04. The van der Waals surface area contributed by atoms with Crippen molar-refractivity contribution in [2.45, 2.75) is 52.0 Å². The molecule has 2 aromatic heterocycles. The predicted molar refractivity (Wildman–Crippen MR) is 104 cm³/mol. The van der Waals surface area contributed by atoms with Crippen molar-refractivity contribution < 1.29 is 14.0 Å². The maximum absolute atomic E-state index is 13.3. The topological polar surface area (TPSA) is 66.7 Å². The van der Waals surface area contributed by atoms with E-state index in [1.165, 1.54) is 11.3 Å². The number of carbonyl (C=O) groups excluding carboxylic acids is 2. The summed E-state index contributed by atoms with van der Waals surface area (Å²) in [6.07, 6.45) is 4.81. The Morgan fingerprint density at radius 1 is 1.11 bits per heavy atom. The van der Waals surface area contributed by atoms with Crippen molar-refractivity contribution in [2.24, 2.45) is 0 Å². The SMILES string of the molecule is Cc1ccc(-c2nc(C)c(C(=O)N3CCCCC3C(=O)N3CCCC3)s2)o1. The van der Waals surface area contributed by atoms with Gasteiger partial charge in [0.05, 0.1) is 5.69 Å². The molecule has 2 fully saturated rings. The van der Waals surface area contributed by atoms with Crippen LogP contribution in [0.3, 0.4) is 0 Å². The first kappa shape index (κ1) is 18.2. The smallest absolute Gasteiger partial charge is 0.266 e. The van der Waals surface area contributed by atoms with Crippen molar-refractivity contribution in [2.75, 3.05) is 19.6 Å². The van der Waals surface area contributed by atoms with Gasteiger partial charge in [0.2, 0.25) is 5.91 Å². The predicted octanol–water partition coefficient (Wildman–Crippen LogP) is 3.64. The van der Waals surface area contributed by atoms with E-state index in [-0.39, 0.29) is 17.9 Å². The molecule has 7 heteroatoms. The molecule has 144 valence electrons. The zero-order valence-corrected chi connectivity index (χ0v) is 16.7. The number of piperidine rings is 1. The van der Waals surface area contributed by atoms with Gasteiger partial charge in [-0.15, -0.1) is 11.3 Å². The van der Waals surface area contributed by atoms with Crippen LogP contribution in [0.4, 0.5) is 0 Å². The van der Waals surface area contributed by atoms with Crippen LogP contribution in [-0.2, 0) is 4.79 Å². The first-order valence-corrected chi connectivity index (χ1v) is 10.5. The number of rotatable bonds is 3. The average Bonchev–Trinajstić information content (AvgIpc) is 3.41. The third kappa shape index (κ3) is 3.52. The van der Waals surface area contributed by atoms with Gasteiger partial charge in [-0.1, -0.05) is 0 Å². The maximum Gasteiger partial charge on any atom is 0.266 e. The number of aryl methyl sites for hydroxylation is 2. The third-order valence-corrected chi connectivity index (χ3v) is 6.57. The highest BCUT2D eigenvalue weighted by atomic mass is 32.1. The van der Waals surface area contributed by atoms with Crippen LogP contribution in [0.25, 0.3) is 10.8 Å². The molecule has 0 N–H and O–H groups in total. The summed E-state index contributed by atoms with van der Waals surface area (Å²) < 4.78 is 5.65. The lowest BCUT2D eigenvalue weighted by Gasteiger charge is -2.36. The van der Waals surface area contributed by atoms with Gasteiger partial charge in [0.25, 0.3) is 5.91 Å². The zero-order valence-electron chi connectivity index (χ0n) is 15.9. The Balaban J connectivity index is 1.58.